The number of piperidine rings is 1. The molecule has 1 atom stereocenters. The van der Waals surface area contributed by atoms with Gasteiger partial charge in [0.05, 0.1) is 6.42 Å². The Morgan fingerprint density at radius 1 is 1.00 bits per heavy atom. The van der Waals surface area contributed by atoms with E-state index in [1.54, 1.807) is 0 Å². The van der Waals surface area contributed by atoms with Crippen LogP contribution < -0.4 is 0 Å². The molecular formula is C21H23NO3. The number of carbonyl (C=O) groups excluding carboxylic acids is 1. The molecule has 4 nitrogen and oxygen atoms in total. The fraction of sp³-hybridized carbons (Fsp3) is 0.333. The van der Waals surface area contributed by atoms with Crippen molar-refractivity contribution in [3.8, 4) is 11.1 Å². The molecule has 0 unspecified atom stereocenters. The van der Waals surface area contributed by atoms with Crippen molar-refractivity contribution in [1.29, 1.82) is 0 Å². The molecule has 0 saturated carbocycles. The van der Waals surface area contributed by atoms with Crippen molar-refractivity contribution >= 4 is 11.8 Å². The van der Waals surface area contributed by atoms with Gasteiger partial charge in [0, 0.05) is 24.6 Å². The Labute approximate surface area is 148 Å². The van der Waals surface area contributed by atoms with E-state index >= 15 is 0 Å². The number of carboxylic acids is 1. The van der Waals surface area contributed by atoms with Gasteiger partial charge in [-0.25, -0.2) is 0 Å². The lowest BCUT2D eigenvalue weighted by Crippen LogP contribution is -2.39. The second kappa shape index (κ2) is 8.08. The lowest BCUT2D eigenvalue weighted by molar-refractivity contribution is -0.137. The zero-order chi connectivity index (χ0) is 17.6. The van der Waals surface area contributed by atoms with Gasteiger partial charge in [0.2, 0.25) is 0 Å². The second-order valence-electron chi connectivity index (χ2n) is 6.59. The maximum absolute atomic E-state index is 12.8. The van der Waals surface area contributed by atoms with Crippen molar-refractivity contribution in [3.63, 3.8) is 0 Å². The second-order valence-corrected chi connectivity index (χ2v) is 6.59. The van der Waals surface area contributed by atoms with Crippen molar-refractivity contribution in [2.75, 3.05) is 19.6 Å². The quantitative estimate of drug-likeness (QED) is 0.816. The van der Waals surface area contributed by atoms with Crippen LogP contribution in [0.1, 0.15) is 29.6 Å². The highest BCUT2D eigenvalue weighted by atomic mass is 16.4. The number of likely N-dealkylation sites (tertiary alicyclic amines) is 1. The minimum Gasteiger partial charge on any atom is -0.481 e. The Balaban J connectivity index is 1.65. The molecule has 1 saturated heterocycles. The molecule has 130 valence electrons. The first-order valence-electron chi connectivity index (χ1n) is 8.77. The summed E-state index contributed by atoms with van der Waals surface area (Å²) in [6.45, 7) is 2.06. The van der Waals surface area contributed by atoms with Crippen molar-refractivity contribution in [1.82, 2.24) is 4.90 Å². The van der Waals surface area contributed by atoms with E-state index in [9.17, 15) is 9.59 Å². The molecule has 0 amide bonds. The Kier molecular flexibility index (Phi) is 5.61. The number of hydrogen-bond acceptors (Lipinski definition) is 3. The summed E-state index contributed by atoms with van der Waals surface area (Å²) in [7, 11) is 0. The van der Waals surface area contributed by atoms with Gasteiger partial charge in [-0.15, -0.1) is 0 Å². The van der Waals surface area contributed by atoms with Gasteiger partial charge in [0.15, 0.2) is 5.78 Å². The maximum Gasteiger partial charge on any atom is 0.304 e. The van der Waals surface area contributed by atoms with Crippen LogP contribution in [-0.2, 0) is 4.79 Å². The SMILES string of the molecule is O=C(O)CCN1CCC[C@H](C(=O)c2ccc(-c3ccccc3)cc2)C1. The highest BCUT2D eigenvalue weighted by Gasteiger charge is 2.26. The Bertz CT molecular complexity index is 725. The zero-order valence-corrected chi connectivity index (χ0v) is 14.2. The van der Waals surface area contributed by atoms with Crippen LogP contribution in [0.15, 0.2) is 54.6 Å². The molecule has 1 fully saturated rings. The van der Waals surface area contributed by atoms with Gasteiger partial charge in [0.1, 0.15) is 0 Å². The number of carbonyl (C=O) groups is 2. The van der Waals surface area contributed by atoms with Gasteiger partial charge in [-0.2, -0.15) is 0 Å². The van der Waals surface area contributed by atoms with E-state index in [1.165, 1.54) is 0 Å². The summed E-state index contributed by atoms with van der Waals surface area (Å²) >= 11 is 0. The molecule has 0 radical (unpaired) electrons. The molecule has 1 heterocycles. The number of aliphatic carboxylic acids is 1. The standard InChI is InChI=1S/C21H23NO3/c23-20(24)12-14-22-13-4-7-19(15-22)21(25)18-10-8-17(9-11-18)16-5-2-1-3-6-16/h1-3,5-6,8-11,19H,4,7,12-15H2,(H,23,24)/t19-/m0/s1. The molecule has 1 aliphatic rings. The van der Waals surface area contributed by atoms with Crippen molar-refractivity contribution < 1.29 is 14.7 Å². The molecule has 0 aliphatic carbocycles. The summed E-state index contributed by atoms with van der Waals surface area (Å²) in [5.41, 5.74) is 2.98. The summed E-state index contributed by atoms with van der Waals surface area (Å²) in [6.07, 6.45) is 1.95. The van der Waals surface area contributed by atoms with Gasteiger partial charge >= 0.3 is 5.97 Å². The lowest BCUT2D eigenvalue weighted by atomic mass is 9.89. The molecule has 2 aromatic rings. The Morgan fingerprint density at radius 3 is 2.36 bits per heavy atom. The molecule has 4 heteroatoms. The van der Waals surface area contributed by atoms with Crippen molar-refractivity contribution in [3.05, 3.63) is 60.2 Å². The summed E-state index contributed by atoms with van der Waals surface area (Å²) in [5.74, 6) is -0.658. The minimum absolute atomic E-state index is 0.0369. The summed E-state index contributed by atoms with van der Waals surface area (Å²) in [5, 5.41) is 8.82. The van der Waals surface area contributed by atoms with Crippen LogP contribution in [0.25, 0.3) is 11.1 Å². The number of Topliss-reactive ketones (excluding diaryl/α,β-unsaturated/α-hetero) is 1. The van der Waals surface area contributed by atoms with E-state index < -0.39 is 5.97 Å². The number of benzene rings is 2. The molecule has 1 N–H and O–H groups in total. The predicted octanol–water partition coefficient (Wildman–Crippen LogP) is 3.72. The molecular weight excluding hydrogens is 314 g/mol. The first kappa shape index (κ1) is 17.4. The van der Waals surface area contributed by atoms with Crippen LogP contribution in [0, 0.1) is 5.92 Å². The number of nitrogens with zero attached hydrogens (tertiary/aromatic N) is 1. The zero-order valence-electron chi connectivity index (χ0n) is 14.2. The van der Waals surface area contributed by atoms with E-state index in [1.807, 2.05) is 42.5 Å². The number of rotatable bonds is 6. The molecule has 0 aromatic heterocycles. The molecule has 3 rings (SSSR count). The van der Waals surface area contributed by atoms with Crippen molar-refractivity contribution in [2.24, 2.45) is 5.92 Å². The fourth-order valence-electron chi connectivity index (χ4n) is 3.42. The van der Waals surface area contributed by atoms with Gasteiger partial charge in [-0.05, 0) is 30.5 Å². The highest BCUT2D eigenvalue weighted by molar-refractivity contribution is 5.98. The van der Waals surface area contributed by atoms with E-state index in [0.29, 0.717) is 13.1 Å². The third-order valence-corrected chi connectivity index (χ3v) is 4.79. The first-order chi connectivity index (χ1) is 12.1. The minimum atomic E-state index is -0.787. The van der Waals surface area contributed by atoms with E-state index in [0.717, 1.165) is 36.1 Å². The van der Waals surface area contributed by atoms with Crippen LogP contribution in [0.5, 0.6) is 0 Å². The van der Waals surface area contributed by atoms with Gasteiger partial charge in [0.25, 0.3) is 0 Å². The van der Waals surface area contributed by atoms with Crippen LogP contribution in [0.2, 0.25) is 0 Å². The smallest absolute Gasteiger partial charge is 0.304 e. The van der Waals surface area contributed by atoms with E-state index in [-0.39, 0.29) is 18.1 Å². The summed E-state index contributed by atoms with van der Waals surface area (Å²) in [4.78, 5) is 25.6. The Morgan fingerprint density at radius 2 is 1.68 bits per heavy atom. The summed E-state index contributed by atoms with van der Waals surface area (Å²) in [6, 6.07) is 17.9. The fourth-order valence-corrected chi connectivity index (χ4v) is 3.42. The van der Waals surface area contributed by atoms with E-state index in [4.69, 9.17) is 5.11 Å². The van der Waals surface area contributed by atoms with Crippen LogP contribution in [-0.4, -0.2) is 41.4 Å². The first-order valence-corrected chi connectivity index (χ1v) is 8.77. The van der Waals surface area contributed by atoms with Crippen LogP contribution >= 0.6 is 0 Å². The third-order valence-electron chi connectivity index (χ3n) is 4.79. The van der Waals surface area contributed by atoms with Gasteiger partial charge in [-0.1, -0.05) is 54.6 Å². The number of hydrogen-bond donors (Lipinski definition) is 1. The third kappa shape index (κ3) is 4.54. The summed E-state index contributed by atoms with van der Waals surface area (Å²) < 4.78 is 0. The number of carboxylic acid groups (broad SMARTS) is 1. The topological polar surface area (TPSA) is 57.6 Å². The Hall–Kier alpha value is -2.46. The molecule has 1 aliphatic heterocycles. The highest BCUT2D eigenvalue weighted by Crippen LogP contribution is 2.24. The average molecular weight is 337 g/mol. The molecule has 0 spiro atoms. The maximum atomic E-state index is 12.8. The normalized spacial score (nSPS) is 18.0. The molecule has 0 bridgehead atoms. The van der Waals surface area contributed by atoms with E-state index in [2.05, 4.69) is 17.0 Å². The monoisotopic (exact) mass is 337 g/mol. The molecule has 2 aromatic carbocycles. The predicted molar refractivity (Wildman–Crippen MR) is 97.6 cm³/mol. The van der Waals surface area contributed by atoms with Crippen LogP contribution in [0.3, 0.4) is 0 Å². The molecule has 25 heavy (non-hydrogen) atoms. The lowest BCUT2D eigenvalue weighted by Gasteiger charge is -2.31. The van der Waals surface area contributed by atoms with Gasteiger partial charge in [-0.3, -0.25) is 9.59 Å². The van der Waals surface area contributed by atoms with Gasteiger partial charge < -0.3 is 10.0 Å². The number of ketones is 1. The largest absolute Gasteiger partial charge is 0.481 e. The van der Waals surface area contributed by atoms with Crippen LogP contribution in [0.4, 0.5) is 0 Å². The average Bonchev–Trinajstić information content (AvgIpc) is 2.67. The van der Waals surface area contributed by atoms with Crippen molar-refractivity contribution in [2.45, 2.75) is 19.3 Å².